The van der Waals surface area contributed by atoms with Gasteiger partial charge in [-0.05, 0) is 29.8 Å². The number of thioether (sulfide) groups is 1. The first-order chi connectivity index (χ1) is 11.0. The molecule has 0 aliphatic carbocycles. The summed E-state index contributed by atoms with van der Waals surface area (Å²) in [6.07, 6.45) is 0.225. The van der Waals surface area contributed by atoms with Crippen molar-refractivity contribution >= 4 is 46.6 Å². The van der Waals surface area contributed by atoms with Gasteiger partial charge in [-0.3, -0.25) is 4.79 Å². The van der Waals surface area contributed by atoms with Crippen molar-refractivity contribution in [1.29, 1.82) is 0 Å². The number of carbonyl (C=O) groups excluding carboxylic acids is 1. The third-order valence-electron chi connectivity index (χ3n) is 2.93. The summed E-state index contributed by atoms with van der Waals surface area (Å²) in [5, 5.41) is 3.42. The summed E-state index contributed by atoms with van der Waals surface area (Å²) in [6.45, 7) is 0. The van der Waals surface area contributed by atoms with Gasteiger partial charge in [0, 0.05) is 24.0 Å². The molecule has 0 unspecified atom stereocenters. The summed E-state index contributed by atoms with van der Waals surface area (Å²) in [5.74, 6) is -0.541. The average Bonchev–Trinajstić information content (AvgIpc) is 2.50. The van der Waals surface area contributed by atoms with E-state index in [1.807, 2.05) is 6.07 Å². The molecule has 7 heteroatoms. The van der Waals surface area contributed by atoms with Crippen LogP contribution in [0, 0.1) is 11.6 Å². The standard InChI is InChI=1S/C16H13Cl2F2NOS/c17-12-3-1-10(7-13(12)18)9-23-6-5-16(22)21-15-4-2-11(19)8-14(15)20/h1-4,7-8H,5-6,9H2,(H,21,22). The molecule has 23 heavy (non-hydrogen) atoms. The number of rotatable bonds is 6. The van der Waals surface area contributed by atoms with Crippen molar-refractivity contribution in [2.45, 2.75) is 12.2 Å². The third-order valence-corrected chi connectivity index (χ3v) is 4.70. The normalized spacial score (nSPS) is 10.6. The van der Waals surface area contributed by atoms with Crippen molar-refractivity contribution in [2.24, 2.45) is 0 Å². The van der Waals surface area contributed by atoms with Gasteiger partial charge in [0.1, 0.15) is 11.6 Å². The van der Waals surface area contributed by atoms with E-state index in [0.717, 1.165) is 17.7 Å². The molecule has 2 rings (SSSR count). The largest absolute Gasteiger partial charge is 0.324 e. The molecule has 0 aromatic heterocycles. The number of hydrogen-bond donors (Lipinski definition) is 1. The summed E-state index contributed by atoms with van der Waals surface area (Å²) < 4.78 is 26.2. The maximum absolute atomic E-state index is 13.4. The molecule has 0 heterocycles. The van der Waals surface area contributed by atoms with E-state index >= 15 is 0 Å². The Morgan fingerprint density at radius 3 is 2.57 bits per heavy atom. The van der Waals surface area contributed by atoms with E-state index in [2.05, 4.69) is 5.32 Å². The van der Waals surface area contributed by atoms with E-state index in [-0.39, 0.29) is 18.0 Å². The number of carbonyl (C=O) groups is 1. The second-order valence-corrected chi connectivity index (χ2v) is 6.64. The van der Waals surface area contributed by atoms with Gasteiger partial charge in [-0.2, -0.15) is 11.8 Å². The van der Waals surface area contributed by atoms with Crippen LogP contribution in [0.25, 0.3) is 0 Å². The molecule has 0 fully saturated rings. The molecule has 1 amide bonds. The van der Waals surface area contributed by atoms with Crippen molar-refractivity contribution in [2.75, 3.05) is 11.1 Å². The molecule has 0 saturated carbocycles. The Hall–Kier alpha value is -1.30. The summed E-state index contributed by atoms with van der Waals surface area (Å²) >= 11 is 13.3. The molecule has 2 nitrogen and oxygen atoms in total. The van der Waals surface area contributed by atoms with Crippen molar-refractivity contribution in [1.82, 2.24) is 0 Å². The Morgan fingerprint density at radius 1 is 1.09 bits per heavy atom. The Kier molecular flexibility index (Phi) is 6.69. The highest BCUT2D eigenvalue weighted by Crippen LogP contribution is 2.25. The lowest BCUT2D eigenvalue weighted by atomic mass is 10.2. The van der Waals surface area contributed by atoms with E-state index in [1.165, 1.54) is 6.07 Å². The van der Waals surface area contributed by atoms with Crippen LogP contribution in [0.2, 0.25) is 10.0 Å². The van der Waals surface area contributed by atoms with Crippen molar-refractivity contribution in [3.63, 3.8) is 0 Å². The van der Waals surface area contributed by atoms with Gasteiger partial charge in [-0.1, -0.05) is 29.3 Å². The maximum Gasteiger partial charge on any atom is 0.225 e. The van der Waals surface area contributed by atoms with Crippen LogP contribution in [0.3, 0.4) is 0 Å². The fourth-order valence-corrected chi connectivity index (χ4v) is 3.00. The van der Waals surface area contributed by atoms with Crippen LogP contribution in [0.5, 0.6) is 0 Å². The number of nitrogens with one attached hydrogen (secondary N) is 1. The molecule has 2 aromatic rings. The van der Waals surface area contributed by atoms with E-state index < -0.39 is 11.6 Å². The van der Waals surface area contributed by atoms with Gasteiger partial charge >= 0.3 is 0 Å². The zero-order valence-electron chi connectivity index (χ0n) is 11.9. The Labute approximate surface area is 147 Å². The molecule has 0 aliphatic rings. The van der Waals surface area contributed by atoms with Crippen LogP contribution in [-0.4, -0.2) is 11.7 Å². The second kappa shape index (κ2) is 8.52. The highest BCUT2D eigenvalue weighted by atomic mass is 35.5. The maximum atomic E-state index is 13.4. The first kappa shape index (κ1) is 18.0. The van der Waals surface area contributed by atoms with E-state index in [4.69, 9.17) is 23.2 Å². The van der Waals surface area contributed by atoms with Gasteiger partial charge < -0.3 is 5.32 Å². The van der Waals surface area contributed by atoms with Crippen LogP contribution in [-0.2, 0) is 10.5 Å². The van der Waals surface area contributed by atoms with Gasteiger partial charge in [-0.25, -0.2) is 8.78 Å². The number of anilines is 1. The Balaban J connectivity index is 1.75. The van der Waals surface area contributed by atoms with Gasteiger partial charge in [0.2, 0.25) is 5.91 Å². The van der Waals surface area contributed by atoms with Gasteiger partial charge in [0.15, 0.2) is 0 Å². The third kappa shape index (κ3) is 5.68. The molecular weight excluding hydrogens is 363 g/mol. The number of halogens is 4. The van der Waals surface area contributed by atoms with E-state index in [9.17, 15) is 13.6 Å². The molecule has 0 saturated heterocycles. The fourth-order valence-electron chi connectivity index (χ4n) is 1.79. The molecule has 0 aliphatic heterocycles. The van der Waals surface area contributed by atoms with E-state index in [0.29, 0.717) is 21.6 Å². The molecule has 0 atom stereocenters. The summed E-state index contributed by atoms with van der Waals surface area (Å²) in [5.41, 5.74) is 0.986. The van der Waals surface area contributed by atoms with Crippen molar-refractivity contribution < 1.29 is 13.6 Å². The topological polar surface area (TPSA) is 29.1 Å². The number of hydrogen-bond acceptors (Lipinski definition) is 2. The fraction of sp³-hybridized carbons (Fsp3) is 0.188. The van der Waals surface area contributed by atoms with Crippen molar-refractivity contribution in [3.8, 4) is 0 Å². The summed E-state index contributed by atoms with van der Waals surface area (Å²) in [7, 11) is 0. The molecular formula is C16H13Cl2F2NOS. The first-order valence-corrected chi connectivity index (χ1v) is 8.63. The van der Waals surface area contributed by atoms with Crippen LogP contribution in [0.15, 0.2) is 36.4 Å². The lowest BCUT2D eigenvalue weighted by Gasteiger charge is -2.07. The van der Waals surface area contributed by atoms with Gasteiger partial charge in [0.25, 0.3) is 0 Å². The number of benzene rings is 2. The Morgan fingerprint density at radius 2 is 1.87 bits per heavy atom. The van der Waals surface area contributed by atoms with Crippen molar-refractivity contribution in [3.05, 3.63) is 63.6 Å². The smallest absolute Gasteiger partial charge is 0.225 e. The minimum Gasteiger partial charge on any atom is -0.324 e. The highest BCUT2D eigenvalue weighted by molar-refractivity contribution is 7.98. The lowest BCUT2D eigenvalue weighted by molar-refractivity contribution is -0.115. The monoisotopic (exact) mass is 375 g/mol. The van der Waals surface area contributed by atoms with Crippen LogP contribution < -0.4 is 5.32 Å². The van der Waals surface area contributed by atoms with Crippen LogP contribution in [0.1, 0.15) is 12.0 Å². The molecule has 122 valence electrons. The predicted octanol–water partition coefficient (Wildman–Crippen LogP) is 5.53. The average molecular weight is 376 g/mol. The minimum absolute atomic E-state index is 0.0223. The van der Waals surface area contributed by atoms with E-state index in [1.54, 1.807) is 23.9 Å². The van der Waals surface area contributed by atoms with Gasteiger partial charge in [0.05, 0.1) is 15.7 Å². The lowest BCUT2D eigenvalue weighted by Crippen LogP contribution is -2.13. The SMILES string of the molecule is O=C(CCSCc1ccc(Cl)c(Cl)c1)Nc1ccc(F)cc1F. The summed E-state index contributed by atoms with van der Waals surface area (Å²) in [4.78, 5) is 11.7. The molecule has 1 N–H and O–H groups in total. The molecule has 0 spiro atoms. The van der Waals surface area contributed by atoms with Crippen LogP contribution >= 0.6 is 35.0 Å². The predicted molar refractivity (Wildman–Crippen MR) is 92.2 cm³/mol. The van der Waals surface area contributed by atoms with Crippen LogP contribution in [0.4, 0.5) is 14.5 Å². The van der Waals surface area contributed by atoms with Gasteiger partial charge in [-0.15, -0.1) is 0 Å². The zero-order chi connectivity index (χ0) is 16.8. The zero-order valence-corrected chi connectivity index (χ0v) is 14.2. The first-order valence-electron chi connectivity index (χ1n) is 6.72. The quantitative estimate of drug-likeness (QED) is 0.672. The Bertz CT molecular complexity index is 712. The highest BCUT2D eigenvalue weighted by Gasteiger charge is 2.08. The molecule has 0 radical (unpaired) electrons. The molecule has 0 bridgehead atoms. The summed E-state index contributed by atoms with van der Waals surface area (Å²) in [6, 6.07) is 8.40. The second-order valence-electron chi connectivity index (χ2n) is 4.72. The number of amides is 1. The minimum atomic E-state index is -0.790. The molecule has 2 aromatic carbocycles.